The van der Waals surface area contributed by atoms with Gasteiger partial charge in [0, 0.05) is 5.56 Å². The standard InChI is InChI=1S/C13H13F3O6S/c1-12(2,3)21-11(18)9-6-8(7-17)4-5-10(9)22-23(19,20)13(14,15)16/h4-7H,1-3H3. The molecule has 0 atom stereocenters. The maximum atomic E-state index is 12.4. The molecule has 1 aromatic rings. The van der Waals surface area contributed by atoms with Gasteiger partial charge < -0.3 is 8.92 Å². The highest BCUT2D eigenvalue weighted by Crippen LogP contribution is 2.30. The first-order valence-corrected chi connectivity index (χ1v) is 7.51. The molecule has 0 bridgehead atoms. The molecule has 0 heterocycles. The Bertz CT molecular complexity index is 716. The van der Waals surface area contributed by atoms with Gasteiger partial charge in [0.2, 0.25) is 0 Å². The van der Waals surface area contributed by atoms with Crippen LogP contribution in [-0.4, -0.2) is 31.8 Å². The molecule has 0 N–H and O–H groups in total. The molecule has 10 heteroatoms. The highest BCUT2D eigenvalue weighted by Gasteiger charge is 2.49. The largest absolute Gasteiger partial charge is 0.534 e. The summed E-state index contributed by atoms with van der Waals surface area (Å²) in [5.74, 6) is -2.02. The number of carbonyl (C=O) groups is 2. The molecule has 0 fully saturated rings. The minimum Gasteiger partial charge on any atom is -0.456 e. The number of alkyl halides is 3. The summed E-state index contributed by atoms with van der Waals surface area (Å²) in [7, 11) is -5.97. The van der Waals surface area contributed by atoms with E-state index >= 15 is 0 Å². The van der Waals surface area contributed by atoms with Crippen LogP contribution in [0.1, 0.15) is 41.5 Å². The number of halogens is 3. The first-order valence-electron chi connectivity index (χ1n) is 6.10. The van der Waals surface area contributed by atoms with Crippen LogP contribution in [0.5, 0.6) is 5.75 Å². The molecule has 0 aliphatic heterocycles. The van der Waals surface area contributed by atoms with E-state index < -0.39 is 38.5 Å². The molecular weight excluding hydrogens is 341 g/mol. The van der Waals surface area contributed by atoms with E-state index in [2.05, 4.69) is 4.18 Å². The predicted molar refractivity (Wildman–Crippen MR) is 72.6 cm³/mol. The fourth-order valence-corrected chi connectivity index (χ4v) is 1.83. The van der Waals surface area contributed by atoms with Gasteiger partial charge in [-0.3, -0.25) is 4.79 Å². The first-order chi connectivity index (χ1) is 10.3. The Morgan fingerprint density at radius 3 is 2.17 bits per heavy atom. The van der Waals surface area contributed by atoms with Crippen LogP contribution in [0.25, 0.3) is 0 Å². The molecule has 0 spiro atoms. The summed E-state index contributed by atoms with van der Waals surface area (Å²) in [6, 6.07) is 2.65. The monoisotopic (exact) mass is 354 g/mol. The van der Waals surface area contributed by atoms with Gasteiger partial charge in [-0.25, -0.2) is 4.79 Å². The average molecular weight is 354 g/mol. The summed E-state index contributed by atoms with van der Waals surface area (Å²) in [5, 5.41) is 0. The van der Waals surface area contributed by atoms with Gasteiger partial charge >= 0.3 is 21.6 Å². The van der Waals surface area contributed by atoms with Crippen molar-refractivity contribution in [2.45, 2.75) is 31.9 Å². The molecule has 0 amide bonds. The third-order valence-electron chi connectivity index (χ3n) is 2.24. The van der Waals surface area contributed by atoms with E-state index in [0.717, 1.165) is 18.2 Å². The Labute approximate surface area is 130 Å². The zero-order chi connectivity index (χ0) is 18.1. The summed E-state index contributed by atoms with van der Waals surface area (Å²) in [4.78, 5) is 22.7. The highest BCUT2D eigenvalue weighted by atomic mass is 32.2. The molecule has 23 heavy (non-hydrogen) atoms. The minimum atomic E-state index is -5.97. The second kappa shape index (κ2) is 6.19. The smallest absolute Gasteiger partial charge is 0.456 e. The van der Waals surface area contributed by atoms with Crippen LogP contribution in [0.2, 0.25) is 0 Å². The van der Waals surface area contributed by atoms with Crippen LogP contribution in [0.3, 0.4) is 0 Å². The van der Waals surface area contributed by atoms with E-state index in [-0.39, 0.29) is 5.56 Å². The zero-order valence-electron chi connectivity index (χ0n) is 12.3. The minimum absolute atomic E-state index is 0.0670. The van der Waals surface area contributed by atoms with E-state index in [9.17, 15) is 31.2 Å². The summed E-state index contributed by atoms with van der Waals surface area (Å²) < 4.78 is 68.2. The Morgan fingerprint density at radius 1 is 1.17 bits per heavy atom. The number of rotatable bonds is 4. The highest BCUT2D eigenvalue weighted by molar-refractivity contribution is 7.88. The van der Waals surface area contributed by atoms with Crippen molar-refractivity contribution in [3.8, 4) is 5.75 Å². The van der Waals surface area contributed by atoms with E-state index in [1.807, 2.05) is 0 Å². The Kier molecular flexibility index (Phi) is 5.10. The number of hydrogen-bond donors (Lipinski definition) is 0. The molecule has 0 unspecified atom stereocenters. The number of ether oxygens (including phenoxy) is 1. The normalized spacial score (nSPS) is 12.6. The van der Waals surface area contributed by atoms with Crippen molar-refractivity contribution in [1.29, 1.82) is 0 Å². The number of esters is 1. The molecule has 0 aliphatic carbocycles. The molecule has 0 saturated heterocycles. The average Bonchev–Trinajstić information content (AvgIpc) is 2.35. The Morgan fingerprint density at radius 2 is 1.74 bits per heavy atom. The Balaban J connectivity index is 3.33. The number of benzene rings is 1. The van der Waals surface area contributed by atoms with Crippen LogP contribution in [0.4, 0.5) is 13.2 Å². The lowest BCUT2D eigenvalue weighted by Crippen LogP contribution is -2.29. The van der Waals surface area contributed by atoms with Gasteiger partial charge in [0.05, 0.1) is 0 Å². The lowest BCUT2D eigenvalue weighted by molar-refractivity contribution is -0.0501. The van der Waals surface area contributed by atoms with Gasteiger partial charge in [0.25, 0.3) is 0 Å². The van der Waals surface area contributed by atoms with Crippen molar-refractivity contribution in [2.24, 2.45) is 0 Å². The molecule has 128 valence electrons. The van der Waals surface area contributed by atoms with Gasteiger partial charge in [0.15, 0.2) is 5.75 Å². The second-order valence-electron chi connectivity index (χ2n) is 5.36. The van der Waals surface area contributed by atoms with Crippen molar-refractivity contribution in [3.05, 3.63) is 29.3 Å². The van der Waals surface area contributed by atoms with Crippen LogP contribution in [-0.2, 0) is 14.9 Å². The molecular formula is C13H13F3O6S. The van der Waals surface area contributed by atoms with Gasteiger partial charge in [-0.1, -0.05) is 0 Å². The van der Waals surface area contributed by atoms with Gasteiger partial charge in [-0.15, -0.1) is 0 Å². The molecule has 1 rings (SSSR count). The maximum absolute atomic E-state index is 12.4. The Hall–Kier alpha value is -2.10. The summed E-state index contributed by atoms with van der Waals surface area (Å²) in [6.45, 7) is 4.50. The predicted octanol–water partition coefficient (Wildman–Crippen LogP) is 2.68. The fourth-order valence-electron chi connectivity index (χ4n) is 1.35. The third-order valence-corrected chi connectivity index (χ3v) is 3.21. The fraction of sp³-hybridized carbons (Fsp3) is 0.385. The van der Waals surface area contributed by atoms with Crippen molar-refractivity contribution >= 4 is 22.4 Å². The van der Waals surface area contributed by atoms with Crippen molar-refractivity contribution in [3.63, 3.8) is 0 Å². The molecule has 6 nitrogen and oxygen atoms in total. The zero-order valence-corrected chi connectivity index (χ0v) is 13.1. The number of hydrogen-bond acceptors (Lipinski definition) is 6. The van der Waals surface area contributed by atoms with E-state index in [0.29, 0.717) is 6.29 Å². The number of carbonyl (C=O) groups excluding carboxylic acids is 2. The topological polar surface area (TPSA) is 86.7 Å². The van der Waals surface area contributed by atoms with E-state index in [1.165, 1.54) is 20.8 Å². The van der Waals surface area contributed by atoms with Crippen LogP contribution in [0.15, 0.2) is 18.2 Å². The van der Waals surface area contributed by atoms with Crippen molar-refractivity contribution in [1.82, 2.24) is 0 Å². The van der Waals surface area contributed by atoms with Crippen molar-refractivity contribution in [2.75, 3.05) is 0 Å². The quantitative estimate of drug-likeness (QED) is 0.358. The molecule has 0 saturated carbocycles. The number of aldehydes is 1. The maximum Gasteiger partial charge on any atom is 0.534 e. The van der Waals surface area contributed by atoms with Crippen molar-refractivity contribution < 1.29 is 40.1 Å². The van der Waals surface area contributed by atoms with E-state index in [4.69, 9.17) is 4.74 Å². The summed E-state index contributed by atoms with van der Waals surface area (Å²) in [5.41, 5.74) is -7.34. The summed E-state index contributed by atoms with van der Waals surface area (Å²) in [6.07, 6.45) is 0.329. The second-order valence-corrected chi connectivity index (χ2v) is 6.90. The molecule has 1 aromatic carbocycles. The SMILES string of the molecule is CC(C)(C)OC(=O)c1cc(C=O)ccc1OS(=O)(=O)C(F)(F)F. The van der Waals surface area contributed by atoms with Crippen LogP contribution >= 0.6 is 0 Å². The molecule has 0 aliphatic rings. The van der Waals surface area contributed by atoms with Gasteiger partial charge in [-0.2, -0.15) is 21.6 Å². The summed E-state index contributed by atoms with van der Waals surface area (Å²) >= 11 is 0. The first kappa shape index (κ1) is 18.9. The third kappa shape index (κ3) is 4.95. The molecule has 0 aromatic heterocycles. The lowest BCUT2D eigenvalue weighted by atomic mass is 10.1. The lowest BCUT2D eigenvalue weighted by Gasteiger charge is -2.20. The van der Waals surface area contributed by atoms with Crippen LogP contribution < -0.4 is 4.18 Å². The molecule has 0 radical (unpaired) electrons. The van der Waals surface area contributed by atoms with Gasteiger partial charge in [0.1, 0.15) is 17.5 Å². The van der Waals surface area contributed by atoms with Gasteiger partial charge in [-0.05, 0) is 39.0 Å². The van der Waals surface area contributed by atoms with E-state index in [1.54, 1.807) is 0 Å². The van der Waals surface area contributed by atoms with Crippen LogP contribution in [0, 0.1) is 0 Å².